The number of hydrogen-bond acceptors (Lipinski definition) is 3. The fourth-order valence-electron chi connectivity index (χ4n) is 3.61. The molecule has 4 nitrogen and oxygen atoms in total. The Balaban J connectivity index is 1.52. The summed E-state index contributed by atoms with van der Waals surface area (Å²) >= 11 is 0. The molecule has 1 aromatic carbocycles. The van der Waals surface area contributed by atoms with E-state index < -0.39 is 0 Å². The first kappa shape index (κ1) is 12.4. The van der Waals surface area contributed by atoms with Crippen LogP contribution in [0.15, 0.2) is 42.6 Å². The first-order valence-electron chi connectivity index (χ1n) is 7.34. The Morgan fingerprint density at radius 3 is 2.90 bits per heavy atom. The second-order valence-electron chi connectivity index (χ2n) is 5.92. The smallest absolute Gasteiger partial charge is 0.229 e. The van der Waals surface area contributed by atoms with E-state index in [2.05, 4.69) is 34.6 Å². The molecule has 2 aliphatic rings. The largest absolute Gasteiger partial charge is 0.397 e. The van der Waals surface area contributed by atoms with Crippen LogP contribution in [0.25, 0.3) is 0 Å². The van der Waals surface area contributed by atoms with Gasteiger partial charge in [0.25, 0.3) is 0 Å². The number of pyridine rings is 1. The van der Waals surface area contributed by atoms with Gasteiger partial charge in [-0.1, -0.05) is 24.3 Å². The van der Waals surface area contributed by atoms with Crippen LogP contribution in [0, 0.1) is 11.8 Å². The summed E-state index contributed by atoms with van der Waals surface area (Å²) < 4.78 is 0. The fourth-order valence-corrected chi connectivity index (χ4v) is 3.61. The average Bonchev–Trinajstić information content (AvgIpc) is 3.25. The van der Waals surface area contributed by atoms with Crippen LogP contribution in [-0.2, 0) is 11.2 Å². The molecule has 0 radical (unpaired) electrons. The number of hydrogen-bond donors (Lipinski definition) is 2. The third kappa shape index (κ3) is 2.07. The Bertz CT molecular complexity index is 695. The molecule has 1 heterocycles. The zero-order valence-electron chi connectivity index (χ0n) is 11.6. The topological polar surface area (TPSA) is 68.0 Å². The van der Waals surface area contributed by atoms with Crippen molar-refractivity contribution >= 4 is 17.4 Å². The van der Waals surface area contributed by atoms with E-state index >= 15 is 0 Å². The first-order valence-corrected chi connectivity index (χ1v) is 7.34. The number of carbonyl (C=O) groups excluding carboxylic acids is 1. The lowest BCUT2D eigenvalue weighted by molar-refractivity contribution is -0.117. The van der Waals surface area contributed by atoms with Gasteiger partial charge in [0.05, 0.1) is 11.9 Å². The molecule has 1 saturated carbocycles. The van der Waals surface area contributed by atoms with E-state index in [4.69, 9.17) is 5.73 Å². The molecule has 0 spiro atoms. The summed E-state index contributed by atoms with van der Waals surface area (Å²) in [6, 6.07) is 12.0. The van der Waals surface area contributed by atoms with Crippen molar-refractivity contribution in [2.45, 2.75) is 18.8 Å². The van der Waals surface area contributed by atoms with Gasteiger partial charge in [-0.3, -0.25) is 4.79 Å². The molecule has 2 aromatic rings. The maximum atomic E-state index is 12.5. The molecule has 3 unspecified atom stereocenters. The normalized spacial score (nSPS) is 25.6. The van der Waals surface area contributed by atoms with Gasteiger partial charge in [0.15, 0.2) is 0 Å². The van der Waals surface area contributed by atoms with Crippen LogP contribution in [0.4, 0.5) is 11.5 Å². The van der Waals surface area contributed by atoms with E-state index in [0.717, 1.165) is 12.8 Å². The summed E-state index contributed by atoms with van der Waals surface area (Å²) in [5, 5.41) is 2.91. The molecule has 106 valence electrons. The van der Waals surface area contributed by atoms with Crippen molar-refractivity contribution in [3.63, 3.8) is 0 Å². The van der Waals surface area contributed by atoms with Crippen molar-refractivity contribution in [2.75, 3.05) is 11.1 Å². The van der Waals surface area contributed by atoms with Crippen molar-refractivity contribution in [1.29, 1.82) is 0 Å². The Morgan fingerprint density at radius 1 is 1.24 bits per heavy atom. The van der Waals surface area contributed by atoms with Crippen LogP contribution in [-0.4, -0.2) is 10.9 Å². The quantitative estimate of drug-likeness (QED) is 0.887. The van der Waals surface area contributed by atoms with E-state index in [1.165, 1.54) is 11.1 Å². The van der Waals surface area contributed by atoms with E-state index in [-0.39, 0.29) is 11.8 Å². The monoisotopic (exact) mass is 279 g/mol. The highest BCUT2D eigenvalue weighted by atomic mass is 16.2. The molecule has 4 heteroatoms. The third-order valence-corrected chi connectivity index (χ3v) is 4.67. The van der Waals surface area contributed by atoms with Gasteiger partial charge in [0, 0.05) is 5.92 Å². The molecule has 21 heavy (non-hydrogen) atoms. The third-order valence-electron chi connectivity index (χ3n) is 4.67. The molecule has 0 bridgehead atoms. The van der Waals surface area contributed by atoms with Crippen LogP contribution in [0.2, 0.25) is 0 Å². The summed E-state index contributed by atoms with van der Waals surface area (Å²) in [5.74, 6) is 1.63. The number of rotatable bonds is 2. The zero-order valence-corrected chi connectivity index (χ0v) is 11.6. The van der Waals surface area contributed by atoms with Crippen LogP contribution in [0.5, 0.6) is 0 Å². The van der Waals surface area contributed by atoms with Crippen molar-refractivity contribution < 1.29 is 4.79 Å². The van der Waals surface area contributed by atoms with Crippen molar-refractivity contribution in [3.05, 3.63) is 53.7 Å². The molecular formula is C17H17N3O. The molecule has 1 fully saturated rings. The average molecular weight is 279 g/mol. The fraction of sp³-hybridized carbons (Fsp3) is 0.294. The van der Waals surface area contributed by atoms with Crippen LogP contribution < -0.4 is 11.1 Å². The van der Waals surface area contributed by atoms with Gasteiger partial charge in [0.1, 0.15) is 5.82 Å². The van der Waals surface area contributed by atoms with Gasteiger partial charge in [0.2, 0.25) is 5.91 Å². The molecule has 1 amide bonds. The molecule has 4 rings (SSSR count). The number of benzene rings is 1. The predicted molar refractivity (Wildman–Crippen MR) is 81.8 cm³/mol. The SMILES string of the molecule is Nc1ccc(NC(=O)C2C3CCc4ccccc4C32)nc1. The highest BCUT2D eigenvalue weighted by molar-refractivity contribution is 5.95. The number of aromatic nitrogens is 1. The molecular weight excluding hydrogens is 262 g/mol. The maximum absolute atomic E-state index is 12.5. The Kier molecular flexibility index (Phi) is 2.70. The van der Waals surface area contributed by atoms with E-state index in [1.807, 2.05) is 0 Å². The van der Waals surface area contributed by atoms with Gasteiger partial charge in [-0.15, -0.1) is 0 Å². The molecule has 0 aliphatic heterocycles. The molecule has 3 N–H and O–H groups in total. The number of carbonyl (C=O) groups is 1. The van der Waals surface area contributed by atoms with Gasteiger partial charge < -0.3 is 11.1 Å². The first-order chi connectivity index (χ1) is 10.2. The summed E-state index contributed by atoms with van der Waals surface area (Å²) in [6.07, 6.45) is 3.75. The number of nitrogen functional groups attached to an aromatic ring is 1. The van der Waals surface area contributed by atoms with Crippen LogP contribution >= 0.6 is 0 Å². The number of fused-ring (bicyclic) bond motifs is 3. The predicted octanol–water partition coefficient (Wildman–Crippen LogP) is 2.58. The van der Waals surface area contributed by atoms with Crippen molar-refractivity contribution in [3.8, 4) is 0 Å². The minimum Gasteiger partial charge on any atom is -0.397 e. The molecule has 1 aromatic heterocycles. The number of anilines is 2. The lowest BCUT2D eigenvalue weighted by Crippen LogP contribution is -2.16. The summed E-state index contributed by atoms with van der Waals surface area (Å²) in [7, 11) is 0. The minimum absolute atomic E-state index is 0.0824. The minimum atomic E-state index is 0.0824. The van der Waals surface area contributed by atoms with Gasteiger partial charge in [-0.2, -0.15) is 0 Å². The van der Waals surface area contributed by atoms with E-state index in [0.29, 0.717) is 23.3 Å². The van der Waals surface area contributed by atoms with Crippen LogP contribution in [0.1, 0.15) is 23.5 Å². The van der Waals surface area contributed by atoms with Gasteiger partial charge in [-0.05, 0) is 47.9 Å². The lowest BCUT2D eigenvalue weighted by Gasteiger charge is -2.13. The Hall–Kier alpha value is -2.36. The highest BCUT2D eigenvalue weighted by Crippen LogP contribution is 2.60. The lowest BCUT2D eigenvalue weighted by atomic mass is 9.92. The molecule has 2 aliphatic carbocycles. The summed E-state index contributed by atoms with van der Waals surface area (Å²) in [6.45, 7) is 0. The second kappa shape index (κ2) is 4.58. The van der Waals surface area contributed by atoms with Crippen molar-refractivity contribution in [1.82, 2.24) is 4.98 Å². The second-order valence-corrected chi connectivity index (χ2v) is 5.92. The number of nitrogens with one attached hydrogen (secondary N) is 1. The zero-order chi connectivity index (χ0) is 14.4. The van der Waals surface area contributed by atoms with Gasteiger partial charge >= 0.3 is 0 Å². The summed E-state index contributed by atoms with van der Waals surface area (Å²) in [5.41, 5.74) is 8.96. The number of amides is 1. The number of nitrogens with two attached hydrogens (primary N) is 1. The van der Waals surface area contributed by atoms with E-state index in [1.54, 1.807) is 18.3 Å². The van der Waals surface area contributed by atoms with E-state index in [9.17, 15) is 4.79 Å². The number of nitrogens with zero attached hydrogens (tertiary/aromatic N) is 1. The molecule has 3 atom stereocenters. The Labute approximate surface area is 123 Å². The molecule has 0 saturated heterocycles. The Morgan fingerprint density at radius 2 is 2.10 bits per heavy atom. The van der Waals surface area contributed by atoms with Crippen LogP contribution in [0.3, 0.4) is 0 Å². The van der Waals surface area contributed by atoms with Crippen molar-refractivity contribution in [2.24, 2.45) is 11.8 Å². The number of aryl methyl sites for hydroxylation is 1. The standard InChI is InChI=1S/C17H17N3O/c18-11-6-8-14(19-9-11)20-17(21)16-13-7-5-10-3-1-2-4-12(10)15(13)16/h1-4,6,8-9,13,15-16H,5,7,18H2,(H,19,20,21). The highest BCUT2D eigenvalue weighted by Gasteiger charge is 2.56. The van der Waals surface area contributed by atoms with Gasteiger partial charge in [-0.25, -0.2) is 4.98 Å². The summed E-state index contributed by atoms with van der Waals surface area (Å²) in [4.78, 5) is 16.6. The maximum Gasteiger partial charge on any atom is 0.229 e.